The summed E-state index contributed by atoms with van der Waals surface area (Å²) >= 11 is 0. The minimum absolute atomic E-state index is 0.158. The van der Waals surface area contributed by atoms with Crippen LogP contribution in [0.3, 0.4) is 0 Å². The summed E-state index contributed by atoms with van der Waals surface area (Å²) in [4.78, 5) is 13.1. The fraction of sp³-hybridized carbons (Fsp3) is 0.929. The van der Waals surface area contributed by atoms with Crippen LogP contribution in [-0.2, 0) is 9.53 Å². The van der Waals surface area contributed by atoms with Crippen LogP contribution in [0.15, 0.2) is 0 Å². The van der Waals surface area contributed by atoms with Gasteiger partial charge >= 0.3 is 5.97 Å². The highest BCUT2D eigenvalue weighted by Gasteiger charge is 2.36. The molecule has 0 aromatic rings. The van der Waals surface area contributed by atoms with Crippen molar-refractivity contribution in [1.82, 2.24) is 4.90 Å². The molecule has 0 bridgehead atoms. The van der Waals surface area contributed by atoms with E-state index in [4.69, 9.17) is 9.84 Å². The Bertz CT molecular complexity index is 278. The number of carbonyl (C=O) groups is 1. The Kier molecular flexibility index (Phi) is 5.01. The van der Waals surface area contributed by atoms with Gasteiger partial charge in [0.15, 0.2) is 0 Å². The van der Waals surface area contributed by atoms with Gasteiger partial charge in [0.1, 0.15) is 0 Å². The number of rotatable bonds is 7. The van der Waals surface area contributed by atoms with E-state index in [1.165, 1.54) is 32.1 Å². The molecule has 18 heavy (non-hydrogen) atoms. The van der Waals surface area contributed by atoms with Crippen LogP contribution in [0.4, 0.5) is 0 Å². The molecule has 4 nitrogen and oxygen atoms in total. The molecule has 0 radical (unpaired) electrons. The van der Waals surface area contributed by atoms with Crippen LogP contribution in [-0.4, -0.2) is 48.8 Å². The van der Waals surface area contributed by atoms with Gasteiger partial charge in [0.2, 0.25) is 0 Å². The second-order valence-corrected chi connectivity index (χ2v) is 5.77. The molecule has 1 N–H and O–H groups in total. The number of hydrogen-bond donors (Lipinski definition) is 1. The molecule has 0 heterocycles. The smallest absolute Gasteiger partial charge is 0.317 e. The Morgan fingerprint density at radius 2 is 2.06 bits per heavy atom. The fourth-order valence-electron chi connectivity index (χ4n) is 3.30. The Morgan fingerprint density at radius 3 is 2.67 bits per heavy atom. The van der Waals surface area contributed by atoms with Crippen LogP contribution in [0.25, 0.3) is 0 Å². The molecule has 0 spiro atoms. The Morgan fingerprint density at radius 1 is 1.28 bits per heavy atom. The molecule has 2 fully saturated rings. The first kappa shape index (κ1) is 13.8. The minimum atomic E-state index is -0.723. The molecule has 0 saturated heterocycles. The first-order chi connectivity index (χ1) is 8.70. The van der Waals surface area contributed by atoms with Crippen molar-refractivity contribution >= 4 is 5.97 Å². The number of ether oxygens (including phenoxy) is 1. The van der Waals surface area contributed by atoms with Crippen molar-refractivity contribution in [3.05, 3.63) is 0 Å². The van der Waals surface area contributed by atoms with Gasteiger partial charge in [-0.25, -0.2) is 0 Å². The van der Waals surface area contributed by atoms with Crippen molar-refractivity contribution in [3.63, 3.8) is 0 Å². The second kappa shape index (κ2) is 6.53. The Hall–Kier alpha value is -0.610. The van der Waals surface area contributed by atoms with Gasteiger partial charge in [-0.15, -0.1) is 0 Å². The quantitative estimate of drug-likeness (QED) is 0.756. The third-order valence-corrected chi connectivity index (χ3v) is 4.41. The van der Waals surface area contributed by atoms with E-state index >= 15 is 0 Å². The summed E-state index contributed by atoms with van der Waals surface area (Å²) in [6, 6.07) is 0.454. The molecule has 0 amide bonds. The molecule has 104 valence electrons. The fourth-order valence-corrected chi connectivity index (χ4v) is 3.30. The summed E-state index contributed by atoms with van der Waals surface area (Å²) in [5, 5.41) is 9.02. The zero-order valence-corrected chi connectivity index (χ0v) is 11.3. The van der Waals surface area contributed by atoms with Crippen LogP contribution < -0.4 is 0 Å². The zero-order chi connectivity index (χ0) is 13.0. The molecule has 2 rings (SSSR count). The topological polar surface area (TPSA) is 49.8 Å². The SMILES string of the molecule is COCCN(CC(=O)O)C1CCCC(C2CC2)C1. The molecule has 0 aromatic heterocycles. The van der Waals surface area contributed by atoms with E-state index in [0.29, 0.717) is 12.6 Å². The predicted molar refractivity (Wildman–Crippen MR) is 69.6 cm³/mol. The molecule has 2 aliphatic carbocycles. The second-order valence-electron chi connectivity index (χ2n) is 5.77. The summed E-state index contributed by atoms with van der Waals surface area (Å²) in [5.74, 6) is 1.07. The third-order valence-electron chi connectivity index (χ3n) is 4.41. The summed E-state index contributed by atoms with van der Waals surface area (Å²) in [6.45, 7) is 1.52. The standard InChI is InChI=1S/C14H25NO3/c1-18-8-7-15(10-14(16)17)13-4-2-3-12(9-13)11-5-6-11/h11-13H,2-10H2,1H3,(H,16,17). The number of aliphatic carboxylic acids is 1. The van der Waals surface area contributed by atoms with Gasteiger partial charge in [-0.05, 0) is 37.5 Å². The van der Waals surface area contributed by atoms with Gasteiger partial charge in [0.05, 0.1) is 13.2 Å². The molecule has 0 aliphatic heterocycles. The molecule has 2 aliphatic rings. The number of carboxylic acid groups (broad SMARTS) is 1. The number of methoxy groups -OCH3 is 1. The molecular formula is C14H25NO3. The van der Waals surface area contributed by atoms with Crippen LogP contribution in [0.1, 0.15) is 38.5 Å². The summed E-state index contributed by atoms with van der Waals surface area (Å²) in [6.07, 6.45) is 7.76. The largest absolute Gasteiger partial charge is 0.480 e. The summed E-state index contributed by atoms with van der Waals surface area (Å²) in [7, 11) is 1.67. The lowest BCUT2D eigenvalue weighted by Crippen LogP contribution is -2.43. The van der Waals surface area contributed by atoms with Crippen molar-refractivity contribution < 1.29 is 14.6 Å². The molecule has 2 atom stereocenters. The Labute approximate surface area is 109 Å². The van der Waals surface area contributed by atoms with Gasteiger partial charge in [-0.2, -0.15) is 0 Å². The van der Waals surface area contributed by atoms with Crippen molar-refractivity contribution in [1.29, 1.82) is 0 Å². The molecule has 4 heteroatoms. The third kappa shape index (κ3) is 3.95. The maximum atomic E-state index is 11.0. The van der Waals surface area contributed by atoms with E-state index in [1.54, 1.807) is 7.11 Å². The lowest BCUT2D eigenvalue weighted by Gasteiger charge is -2.36. The molecule has 2 saturated carbocycles. The number of carboxylic acids is 1. The summed E-state index contributed by atoms with van der Waals surface area (Å²) in [5.41, 5.74) is 0. The Balaban J connectivity index is 1.88. The van der Waals surface area contributed by atoms with Crippen LogP contribution in [0.5, 0.6) is 0 Å². The average Bonchev–Trinajstić information content (AvgIpc) is 3.18. The van der Waals surface area contributed by atoms with E-state index in [9.17, 15) is 4.79 Å². The van der Waals surface area contributed by atoms with Crippen LogP contribution in [0.2, 0.25) is 0 Å². The first-order valence-corrected chi connectivity index (χ1v) is 7.15. The highest BCUT2D eigenvalue weighted by Crippen LogP contribution is 2.44. The average molecular weight is 255 g/mol. The lowest BCUT2D eigenvalue weighted by molar-refractivity contribution is -0.139. The highest BCUT2D eigenvalue weighted by molar-refractivity contribution is 5.69. The highest BCUT2D eigenvalue weighted by atomic mass is 16.5. The van der Waals surface area contributed by atoms with E-state index < -0.39 is 5.97 Å². The molecular weight excluding hydrogens is 230 g/mol. The lowest BCUT2D eigenvalue weighted by atomic mass is 9.82. The van der Waals surface area contributed by atoms with Crippen LogP contribution in [0, 0.1) is 11.8 Å². The van der Waals surface area contributed by atoms with Gasteiger partial charge in [0.25, 0.3) is 0 Å². The van der Waals surface area contributed by atoms with Crippen molar-refractivity contribution in [3.8, 4) is 0 Å². The van der Waals surface area contributed by atoms with Crippen molar-refractivity contribution in [2.75, 3.05) is 26.8 Å². The van der Waals surface area contributed by atoms with Crippen molar-refractivity contribution in [2.24, 2.45) is 11.8 Å². The monoisotopic (exact) mass is 255 g/mol. The van der Waals surface area contributed by atoms with E-state index in [0.717, 1.165) is 24.8 Å². The van der Waals surface area contributed by atoms with Gasteiger partial charge in [0, 0.05) is 19.7 Å². The van der Waals surface area contributed by atoms with Gasteiger partial charge in [-0.3, -0.25) is 9.69 Å². The number of nitrogens with zero attached hydrogens (tertiary/aromatic N) is 1. The normalized spacial score (nSPS) is 28.6. The van der Waals surface area contributed by atoms with E-state index in [1.807, 2.05) is 0 Å². The first-order valence-electron chi connectivity index (χ1n) is 7.15. The maximum absolute atomic E-state index is 11.0. The molecule has 0 aromatic carbocycles. The number of hydrogen-bond acceptors (Lipinski definition) is 3. The van der Waals surface area contributed by atoms with Crippen molar-refractivity contribution in [2.45, 2.75) is 44.6 Å². The van der Waals surface area contributed by atoms with Crippen LogP contribution >= 0.6 is 0 Å². The zero-order valence-electron chi connectivity index (χ0n) is 11.3. The van der Waals surface area contributed by atoms with Gasteiger partial charge in [-0.1, -0.05) is 12.8 Å². The maximum Gasteiger partial charge on any atom is 0.317 e. The minimum Gasteiger partial charge on any atom is -0.480 e. The summed E-state index contributed by atoms with van der Waals surface area (Å²) < 4.78 is 5.10. The van der Waals surface area contributed by atoms with E-state index in [2.05, 4.69) is 4.90 Å². The predicted octanol–water partition coefficient (Wildman–Crippen LogP) is 1.99. The van der Waals surface area contributed by atoms with Gasteiger partial charge < -0.3 is 9.84 Å². The van der Waals surface area contributed by atoms with E-state index in [-0.39, 0.29) is 6.54 Å². The molecule has 2 unspecified atom stereocenters.